The number of aliphatic hydroxyl groups is 1. The first-order valence-corrected chi connectivity index (χ1v) is 9.11. The zero-order chi connectivity index (χ0) is 17.6. The molecule has 6 heteroatoms. The summed E-state index contributed by atoms with van der Waals surface area (Å²) >= 11 is 1.12. The van der Waals surface area contributed by atoms with E-state index in [-0.39, 0.29) is 17.6 Å². The number of amides is 1. The van der Waals surface area contributed by atoms with Crippen LogP contribution in [0.4, 0.5) is 0 Å². The SMILES string of the molecule is O=C(SC[C@H]1C(O)NCC(=O)N1Cc1ccccc1)c1ccccc1. The Morgan fingerprint density at radius 3 is 2.44 bits per heavy atom. The molecular weight excluding hydrogens is 336 g/mol. The standard InChI is InChI=1S/C19H20N2O3S/c22-17-11-20-18(23)16(21(17)12-14-7-3-1-4-8-14)13-25-19(24)15-9-5-2-6-10-15/h1-10,16,18,20,23H,11-13H2/t16-,18?/m0/s1. The molecule has 1 unspecified atom stereocenters. The van der Waals surface area contributed by atoms with Crippen LogP contribution in [0.3, 0.4) is 0 Å². The molecule has 1 amide bonds. The number of thioether (sulfide) groups is 1. The lowest BCUT2D eigenvalue weighted by Crippen LogP contribution is -2.61. The predicted molar refractivity (Wildman–Crippen MR) is 98.0 cm³/mol. The molecule has 1 saturated heterocycles. The molecule has 1 aliphatic heterocycles. The Balaban J connectivity index is 1.69. The summed E-state index contributed by atoms with van der Waals surface area (Å²) in [5.41, 5.74) is 1.61. The number of carbonyl (C=O) groups excluding carboxylic acids is 2. The Morgan fingerprint density at radius 2 is 1.76 bits per heavy atom. The normalized spacial score (nSPS) is 20.5. The van der Waals surface area contributed by atoms with Crippen molar-refractivity contribution in [1.82, 2.24) is 10.2 Å². The lowest BCUT2D eigenvalue weighted by molar-refractivity contribution is -0.141. The van der Waals surface area contributed by atoms with E-state index in [4.69, 9.17) is 0 Å². The first-order valence-electron chi connectivity index (χ1n) is 8.12. The Bertz CT molecular complexity index is 724. The van der Waals surface area contributed by atoms with Gasteiger partial charge in [-0.1, -0.05) is 72.4 Å². The summed E-state index contributed by atoms with van der Waals surface area (Å²) in [6, 6.07) is 18.2. The molecule has 2 N–H and O–H groups in total. The summed E-state index contributed by atoms with van der Waals surface area (Å²) in [6.45, 7) is 0.519. The quantitative estimate of drug-likeness (QED) is 0.856. The molecule has 0 saturated carbocycles. The number of piperazine rings is 1. The highest BCUT2D eigenvalue weighted by Crippen LogP contribution is 2.21. The van der Waals surface area contributed by atoms with Gasteiger partial charge in [-0.25, -0.2) is 0 Å². The minimum Gasteiger partial charge on any atom is -0.376 e. The molecule has 0 radical (unpaired) electrons. The average molecular weight is 356 g/mol. The van der Waals surface area contributed by atoms with Crippen molar-refractivity contribution >= 4 is 22.8 Å². The van der Waals surface area contributed by atoms with Gasteiger partial charge in [-0.2, -0.15) is 0 Å². The first kappa shape index (κ1) is 17.7. The predicted octanol–water partition coefficient (Wildman–Crippen LogP) is 1.88. The summed E-state index contributed by atoms with van der Waals surface area (Å²) in [7, 11) is 0. The van der Waals surface area contributed by atoms with Crippen LogP contribution in [0, 0.1) is 0 Å². The fraction of sp³-hybridized carbons (Fsp3) is 0.263. The van der Waals surface area contributed by atoms with Crippen molar-refractivity contribution in [1.29, 1.82) is 0 Å². The van der Waals surface area contributed by atoms with Crippen LogP contribution in [0.2, 0.25) is 0 Å². The third kappa shape index (κ3) is 4.48. The van der Waals surface area contributed by atoms with Crippen LogP contribution >= 0.6 is 11.8 Å². The molecule has 3 rings (SSSR count). The fourth-order valence-electron chi connectivity index (χ4n) is 2.77. The van der Waals surface area contributed by atoms with Gasteiger partial charge in [-0.15, -0.1) is 0 Å². The van der Waals surface area contributed by atoms with Crippen molar-refractivity contribution in [2.45, 2.75) is 18.8 Å². The van der Waals surface area contributed by atoms with Crippen LogP contribution in [0.5, 0.6) is 0 Å². The van der Waals surface area contributed by atoms with E-state index >= 15 is 0 Å². The summed E-state index contributed by atoms with van der Waals surface area (Å²) in [5.74, 6) is 0.257. The van der Waals surface area contributed by atoms with Gasteiger partial charge in [0.25, 0.3) is 0 Å². The van der Waals surface area contributed by atoms with E-state index in [0.29, 0.717) is 17.9 Å². The maximum Gasteiger partial charge on any atom is 0.237 e. The number of aliphatic hydroxyl groups excluding tert-OH is 1. The van der Waals surface area contributed by atoms with E-state index in [0.717, 1.165) is 17.3 Å². The van der Waals surface area contributed by atoms with E-state index in [9.17, 15) is 14.7 Å². The van der Waals surface area contributed by atoms with Crippen molar-refractivity contribution < 1.29 is 14.7 Å². The lowest BCUT2D eigenvalue weighted by Gasteiger charge is -2.39. The van der Waals surface area contributed by atoms with Crippen LogP contribution in [0.1, 0.15) is 15.9 Å². The smallest absolute Gasteiger partial charge is 0.237 e. The summed E-state index contributed by atoms with van der Waals surface area (Å²) in [6.07, 6.45) is -0.850. The van der Waals surface area contributed by atoms with E-state index in [2.05, 4.69) is 5.32 Å². The summed E-state index contributed by atoms with van der Waals surface area (Å²) in [5, 5.41) is 13.0. The maximum absolute atomic E-state index is 12.3. The van der Waals surface area contributed by atoms with Gasteiger partial charge in [0.15, 0.2) is 0 Å². The van der Waals surface area contributed by atoms with E-state index in [1.165, 1.54) is 0 Å². The van der Waals surface area contributed by atoms with Crippen LogP contribution in [0.15, 0.2) is 60.7 Å². The molecular formula is C19H20N2O3S. The number of benzene rings is 2. The Labute approximate surface area is 151 Å². The molecule has 0 spiro atoms. The van der Waals surface area contributed by atoms with Gasteiger partial charge in [0.2, 0.25) is 11.0 Å². The second-order valence-electron chi connectivity index (χ2n) is 5.86. The highest BCUT2D eigenvalue weighted by Gasteiger charge is 2.34. The van der Waals surface area contributed by atoms with Crippen LogP contribution in [0.25, 0.3) is 0 Å². The van der Waals surface area contributed by atoms with Crippen LogP contribution in [-0.4, -0.2) is 45.6 Å². The summed E-state index contributed by atoms with van der Waals surface area (Å²) < 4.78 is 0. The van der Waals surface area contributed by atoms with Crippen molar-refractivity contribution in [2.24, 2.45) is 0 Å². The zero-order valence-corrected chi connectivity index (χ0v) is 14.5. The van der Waals surface area contributed by atoms with E-state index in [1.807, 2.05) is 48.5 Å². The lowest BCUT2D eigenvalue weighted by atomic mass is 10.1. The fourth-order valence-corrected chi connectivity index (χ4v) is 3.76. The van der Waals surface area contributed by atoms with Gasteiger partial charge < -0.3 is 10.0 Å². The van der Waals surface area contributed by atoms with Crippen LogP contribution < -0.4 is 5.32 Å². The molecule has 1 fully saturated rings. The zero-order valence-electron chi connectivity index (χ0n) is 13.7. The van der Waals surface area contributed by atoms with Crippen LogP contribution in [-0.2, 0) is 11.3 Å². The number of hydrogen-bond acceptors (Lipinski definition) is 5. The second-order valence-corrected chi connectivity index (χ2v) is 6.86. The van der Waals surface area contributed by atoms with E-state index in [1.54, 1.807) is 17.0 Å². The van der Waals surface area contributed by atoms with Crippen molar-refractivity contribution in [2.75, 3.05) is 12.3 Å². The minimum atomic E-state index is -0.850. The number of nitrogens with zero attached hydrogens (tertiary/aromatic N) is 1. The number of hydrogen-bond donors (Lipinski definition) is 2. The number of nitrogens with one attached hydrogen (secondary N) is 1. The number of carbonyl (C=O) groups is 2. The molecule has 25 heavy (non-hydrogen) atoms. The molecule has 0 bridgehead atoms. The molecule has 0 aromatic heterocycles. The largest absolute Gasteiger partial charge is 0.376 e. The molecule has 2 aromatic rings. The number of rotatable bonds is 5. The summed E-state index contributed by atoms with van der Waals surface area (Å²) in [4.78, 5) is 26.3. The second kappa shape index (κ2) is 8.29. The third-order valence-electron chi connectivity index (χ3n) is 4.14. The topological polar surface area (TPSA) is 69.6 Å². The first-order chi connectivity index (χ1) is 12.1. The van der Waals surface area contributed by atoms with E-state index < -0.39 is 12.3 Å². The molecule has 1 heterocycles. The Morgan fingerprint density at radius 1 is 1.12 bits per heavy atom. The van der Waals surface area contributed by atoms with Gasteiger partial charge in [0.1, 0.15) is 6.23 Å². The molecule has 130 valence electrons. The highest BCUT2D eigenvalue weighted by atomic mass is 32.2. The van der Waals surface area contributed by atoms with Crippen molar-refractivity contribution in [3.63, 3.8) is 0 Å². The van der Waals surface area contributed by atoms with Gasteiger partial charge in [0.05, 0.1) is 12.6 Å². The minimum absolute atomic E-state index is 0.0644. The molecule has 0 aliphatic carbocycles. The highest BCUT2D eigenvalue weighted by molar-refractivity contribution is 8.14. The monoisotopic (exact) mass is 356 g/mol. The van der Waals surface area contributed by atoms with Gasteiger partial charge >= 0.3 is 0 Å². The molecule has 5 nitrogen and oxygen atoms in total. The average Bonchev–Trinajstić information content (AvgIpc) is 2.65. The maximum atomic E-state index is 12.3. The van der Waals surface area contributed by atoms with Gasteiger partial charge in [-0.05, 0) is 5.56 Å². The van der Waals surface area contributed by atoms with Gasteiger partial charge in [0, 0.05) is 17.9 Å². The molecule has 2 aromatic carbocycles. The molecule has 1 aliphatic rings. The molecule has 2 atom stereocenters. The van der Waals surface area contributed by atoms with Crippen molar-refractivity contribution in [3.8, 4) is 0 Å². The third-order valence-corrected chi connectivity index (χ3v) is 5.14. The Hall–Kier alpha value is -2.15. The van der Waals surface area contributed by atoms with Crippen molar-refractivity contribution in [3.05, 3.63) is 71.8 Å². The van der Waals surface area contributed by atoms with Gasteiger partial charge in [-0.3, -0.25) is 14.9 Å². The Kier molecular flexibility index (Phi) is 5.86.